The van der Waals surface area contributed by atoms with Crippen molar-refractivity contribution >= 4 is 48.0 Å². The lowest BCUT2D eigenvalue weighted by molar-refractivity contribution is -0.0334. The van der Waals surface area contributed by atoms with Crippen LogP contribution in [0.2, 0.25) is 0 Å². The lowest BCUT2D eigenvalue weighted by Gasteiger charge is -2.11. The number of thioether (sulfide) groups is 2. The van der Waals surface area contributed by atoms with Gasteiger partial charge in [-0.1, -0.05) is 228 Å². The number of ether oxygens (including phenoxy) is 4. The van der Waals surface area contributed by atoms with Crippen LogP contribution in [0, 0.1) is 0 Å². The second-order valence-electron chi connectivity index (χ2n) is 10.9. The van der Waals surface area contributed by atoms with E-state index in [-0.39, 0.29) is 0 Å². The van der Waals surface area contributed by atoms with Crippen LogP contribution in [0.15, 0.2) is 20.0 Å². The van der Waals surface area contributed by atoms with Gasteiger partial charge in [0.05, 0.1) is 64.7 Å². The Morgan fingerprint density at radius 3 is 0.812 bits per heavy atom. The Bertz CT molecular complexity index is 555. The van der Waals surface area contributed by atoms with Crippen LogP contribution < -0.4 is 26.6 Å². The molecule has 0 aliphatic carbocycles. The van der Waals surface area contributed by atoms with Crippen LogP contribution in [-0.4, -0.2) is 173 Å². The number of aliphatic imine (C=N–C) groups is 4. The van der Waals surface area contributed by atoms with Gasteiger partial charge in [0.15, 0.2) is 6.40 Å². The van der Waals surface area contributed by atoms with Crippen LogP contribution in [0.5, 0.6) is 0 Å². The van der Waals surface area contributed by atoms with Gasteiger partial charge in [0.1, 0.15) is 0 Å². The van der Waals surface area contributed by atoms with Crippen molar-refractivity contribution in [1.29, 1.82) is 0 Å². The Morgan fingerprint density at radius 2 is 0.713 bits per heavy atom. The number of nitrogens with one attached hydrogen (secondary N) is 5. The van der Waals surface area contributed by atoms with E-state index in [1.54, 1.807) is 24.3 Å². The molecule has 0 aromatic heterocycles. The summed E-state index contributed by atoms with van der Waals surface area (Å²) in [6.45, 7) is 83.9. The van der Waals surface area contributed by atoms with Crippen LogP contribution in [-0.2, 0) is 18.9 Å². The maximum absolute atomic E-state index is 4.94. The van der Waals surface area contributed by atoms with Crippen molar-refractivity contribution in [2.45, 2.75) is 260 Å². The van der Waals surface area contributed by atoms with E-state index >= 15 is 0 Å². The Labute approximate surface area is 519 Å². The third-order valence-corrected chi connectivity index (χ3v) is 8.44. The smallest absolute Gasteiger partial charge is 0.169 e. The summed E-state index contributed by atoms with van der Waals surface area (Å²) < 4.78 is 19.6. The first kappa shape index (κ1) is 121. The summed E-state index contributed by atoms with van der Waals surface area (Å²) in [5.41, 5.74) is 1.93. The van der Waals surface area contributed by atoms with E-state index in [1.807, 2.05) is 239 Å². The van der Waals surface area contributed by atoms with Crippen molar-refractivity contribution in [2.24, 2.45) is 20.0 Å². The molecular formula is C65H163N9O4S2. The lowest BCUT2D eigenvalue weighted by Crippen LogP contribution is -2.39. The van der Waals surface area contributed by atoms with Crippen molar-refractivity contribution in [3.8, 4) is 0 Å². The lowest BCUT2D eigenvalue weighted by atomic mass is 10.2. The van der Waals surface area contributed by atoms with Crippen molar-refractivity contribution in [1.82, 2.24) is 26.6 Å². The molecule has 0 radical (unpaired) electrons. The molecule has 8 rings (SSSR count). The number of piperazine rings is 1. The quantitative estimate of drug-likeness (QED) is 0.158. The second kappa shape index (κ2) is 210. The van der Waals surface area contributed by atoms with E-state index in [1.165, 1.54) is 81.9 Å². The number of hydrogen-bond acceptors (Lipinski definition) is 15. The minimum Gasteiger partial charge on any atom is -0.483 e. The molecule has 0 aromatic carbocycles. The summed E-state index contributed by atoms with van der Waals surface area (Å²) in [6.07, 6.45) is 12.8. The molecule has 8 heterocycles. The van der Waals surface area contributed by atoms with E-state index in [0.29, 0.717) is 6.61 Å². The Balaban J connectivity index is -0.0000000390. The fourth-order valence-corrected chi connectivity index (χ4v) is 5.41. The van der Waals surface area contributed by atoms with Gasteiger partial charge in [-0.3, -0.25) is 20.0 Å². The van der Waals surface area contributed by atoms with Gasteiger partial charge in [-0.15, -0.1) is 11.8 Å². The average Bonchev–Trinajstić information content (AvgIpc) is 3.65. The van der Waals surface area contributed by atoms with Crippen LogP contribution in [0.1, 0.15) is 260 Å². The molecule has 4 saturated heterocycles. The highest BCUT2D eigenvalue weighted by Gasteiger charge is 1.96. The molecule has 0 unspecified atom stereocenters. The SMILES string of the molecule is C1=NCCCN1.C1=NCCCO1.C1=NCCCS1.C1=NCCOC1.C1CCNCC1.C1CNCCN1.C1COCCO1.C1CSCCN1.CC.CC.CC.CC.CC.CC.CC.CC.CC.CC.CC.CC.CC.CC.CC.CC. The molecule has 504 valence electrons. The number of rotatable bonds is 0. The normalized spacial score (nSPS) is 14.6. The molecule has 0 saturated carbocycles. The molecule has 8 aliphatic heterocycles. The molecule has 13 nitrogen and oxygen atoms in total. The molecule has 15 heteroatoms. The maximum atomic E-state index is 4.94. The van der Waals surface area contributed by atoms with Crippen molar-refractivity contribution in [3.63, 3.8) is 0 Å². The predicted octanol–water partition coefficient (Wildman–Crippen LogP) is 18.4. The first-order valence-electron chi connectivity index (χ1n) is 34.0. The van der Waals surface area contributed by atoms with Gasteiger partial charge >= 0.3 is 0 Å². The van der Waals surface area contributed by atoms with Gasteiger partial charge in [-0.05, 0) is 38.8 Å². The van der Waals surface area contributed by atoms with E-state index in [0.717, 1.165) is 105 Å². The highest BCUT2D eigenvalue weighted by Crippen LogP contribution is 2.02. The minimum atomic E-state index is 0.708. The Hall–Kier alpha value is -1.30. The van der Waals surface area contributed by atoms with Gasteiger partial charge in [0.2, 0.25) is 0 Å². The predicted molar refractivity (Wildman–Crippen MR) is 390 cm³/mol. The Morgan fingerprint density at radius 1 is 0.312 bits per heavy atom. The zero-order chi connectivity index (χ0) is 65.9. The molecule has 8 aliphatic rings. The van der Waals surface area contributed by atoms with Gasteiger partial charge in [0, 0.05) is 95.3 Å². The van der Waals surface area contributed by atoms with E-state index < -0.39 is 0 Å². The van der Waals surface area contributed by atoms with Crippen LogP contribution in [0.3, 0.4) is 0 Å². The monoisotopic (exact) mass is 1200 g/mol. The fourth-order valence-electron chi connectivity index (χ4n) is 4.02. The third-order valence-electron chi connectivity index (χ3n) is 6.63. The summed E-state index contributed by atoms with van der Waals surface area (Å²) in [4.78, 5) is 15.7. The minimum absolute atomic E-state index is 0.708. The molecule has 0 aromatic rings. The van der Waals surface area contributed by atoms with Gasteiger partial charge in [0.25, 0.3) is 0 Å². The van der Waals surface area contributed by atoms with E-state index in [9.17, 15) is 0 Å². The topological polar surface area (TPSA) is 147 Å². The molecule has 0 bridgehead atoms. The molecule has 4 fully saturated rings. The summed E-state index contributed by atoms with van der Waals surface area (Å²) in [5.74, 6) is 3.88. The summed E-state index contributed by atoms with van der Waals surface area (Å²) in [5, 5.41) is 16.0. The first-order valence-corrected chi connectivity index (χ1v) is 36.2. The summed E-state index contributed by atoms with van der Waals surface area (Å²) in [7, 11) is 0. The average molecular weight is 1200 g/mol. The van der Waals surface area contributed by atoms with Gasteiger partial charge in [-0.2, -0.15) is 11.8 Å². The highest BCUT2D eigenvalue weighted by molar-refractivity contribution is 8.12. The molecular weight excluding hydrogens is 1030 g/mol. The fraction of sp³-hybridized carbons (Fsp3) is 0.938. The molecule has 0 amide bonds. The van der Waals surface area contributed by atoms with Crippen LogP contribution in [0.4, 0.5) is 0 Å². The molecule has 0 spiro atoms. The summed E-state index contributed by atoms with van der Waals surface area (Å²) in [6, 6.07) is 0. The van der Waals surface area contributed by atoms with Crippen LogP contribution >= 0.6 is 23.5 Å². The largest absolute Gasteiger partial charge is 0.483 e. The third kappa shape index (κ3) is 202. The summed E-state index contributed by atoms with van der Waals surface area (Å²) >= 11 is 3.84. The van der Waals surface area contributed by atoms with Crippen LogP contribution in [0.25, 0.3) is 0 Å². The molecule has 0 atom stereocenters. The van der Waals surface area contributed by atoms with E-state index in [2.05, 4.69) is 46.6 Å². The van der Waals surface area contributed by atoms with Gasteiger partial charge in [-0.25, -0.2) is 0 Å². The Kier molecular flexibility index (Phi) is 317. The number of piperidine rings is 1. The van der Waals surface area contributed by atoms with E-state index in [4.69, 9.17) is 18.9 Å². The second-order valence-corrected chi connectivity index (χ2v) is 13.1. The zero-order valence-corrected chi connectivity index (χ0v) is 63.2. The van der Waals surface area contributed by atoms with Crippen molar-refractivity contribution in [2.75, 3.05) is 149 Å². The van der Waals surface area contributed by atoms with Crippen molar-refractivity contribution in [3.05, 3.63) is 0 Å². The standard InChI is InChI=1S/C5H11N.C4H10N2.C4H8N2.2C4H7NO.C4H9NS.C4H7NS.C4H8O2.16C2H6/c1-2-4-6-5-3-1;1-2-6-4-3-5-1;1-2-5-4-6-3-1;1-3-6-4-2-5-1;1-2-5-4-6-3-1;1-3-6-4-2-5-1;1-2-5-4-6-3-1;1-2-6-4-3-5-1;16*1-2/h6H,1-5H2;5-6H,1-4H2;4H,1-3H2,(H,5,6);1H,2-4H2;4H,1-3H2;5H,1-4H2;4H,1-3H2;1-4H2;16*1-2H3. The number of hydrogen-bond donors (Lipinski definition) is 5. The van der Waals surface area contributed by atoms with Gasteiger partial charge < -0.3 is 45.5 Å². The zero-order valence-electron chi connectivity index (χ0n) is 61.6. The number of nitrogens with zero attached hydrogens (tertiary/aromatic N) is 4. The maximum Gasteiger partial charge on any atom is 0.169 e. The molecule has 80 heavy (non-hydrogen) atoms. The molecule has 5 N–H and O–H groups in total. The first-order chi connectivity index (χ1) is 40.0. The highest BCUT2D eigenvalue weighted by atomic mass is 32.2. The van der Waals surface area contributed by atoms with Crippen molar-refractivity contribution < 1.29 is 18.9 Å².